The maximum absolute atomic E-state index is 4.83. The molecule has 1 heterocycles. The molecule has 1 aliphatic heterocycles. The van der Waals surface area contributed by atoms with Gasteiger partial charge in [-0.1, -0.05) is 12.2 Å². The van der Waals surface area contributed by atoms with Crippen molar-refractivity contribution in [1.29, 1.82) is 0 Å². The van der Waals surface area contributed by atoms with E-state index < -0.39 is 0 Å². The van der Waals surface area contributed by atoms with Crippen LogP contribution in [0.2, 0.25) is 0 Å². The molecule has 0 aromatic rings. The fourth-order valence-electron chi connectivity index (χ4n) is 3.43. The minimum atomic E-state index is 0. The highest BCUT2D eigenvalue weighted by Crippen LogP contribution is 2.29. The molecule has 3 aliphatic rings. The number of nitrogens with one attached hydrogen (secondary N) is 2. The van der Waals surface area contributed by atoms with E-state index in [0.29, 0.717) is 6.04 Å². The molecule has 2 N–H and O–H groups in total. The molecule has 2 aliphatic carbocycles. The van der Waals surface area contributed by atoms with Gasteiger partial charge in [0.2, 0.25) is 0 Å². The predicted molar refractivity (Wildman–Crippen MR) is 104 cm³/mol. The highest BCUT2D eigenvalue weighted by atomic mass is 127. The van der Waals surface area contributed by atoms with Gasteiger partial charge in [-0.3, -0.25) is 9.89 Å². The summed E-state index contributed by atoms with van der Waals surface area (Å²) in [4.78, 5) is 7.47. The molecule has 4 nitrogen and oxygen atoms in total. The number of aliphatic imine (C=N–C) groups is 1. The molecule has 0 aromatic carbocycles. The SMILES string of the molecule is CCNC(=NCC1CC=CCC1)NC1CCN(C2CC2)C1.I. The Morgan fingerprint density at radius 3 is 2.77 bits per heavy atom. The number of halogens is 1. The van der Waals surface area contributed by atoms with Crippen molar-refractivity contribution in [2.75, 3.05) is 26.2 Å². The van der Waals surface area contributed by atoms with E-state index in [1.807, 2.05) is 0 Å². The Morgan fingerprint density at radius 1 is 1.23 bits per heavy atom. The van der Waals surface area contributed by atoms with Crippen molar-refractivity contribution in [3.63, 3.8) is 0 Å². The van der Waals surface area contributed by atoms with Gasteiger partial charge in [0.15, 0.2) is 5.96 Å². The minimum absolute atomic E-state index is 0. The summed E-state index contributed by atoms with van der Waals surface area (Å²) in [6.07, 6.45) is 12.4. The first-order chi connectivity index (χ1) is 10.3. The third-order valence-electron chi connectivity index (χ3n) is 4.85. The summed E-state index contributed by atoms with van der Waals surface area (Å²) >= 11 is 0. The summed E-state index contributed by atoms with van der Waals surface area (Å²) in [5.41, 5.74) is 0. The number of nitrogens with zero attached hydrogens (tertiary/aromatic N) is 2. The van der Waals surface area contributed by atoms with Crippen LogP contribution in [0.3, 0.4) is 0 Å². The number of hydrogen-bond acceptors (Lipinski definition) is 2. The van der Waals surface area contributed by atoms with Crippen LogP contribution < -0.4 is 10.6 Å². The van der Waals surface area contributed by atoms with Gasteiger partial charge in [0.05, 0.1) is 0 Å². The summed E-state index contributed by atoms with van der Waals surface area (Å²) in [6, 6.07) is 1.47. The maximum atomic E-state index is 4.83. The molecular formula is C17H31IN4. The van der Waals surface area contributed by atoms with Crippen LogP contribution in [0.15, 0.2) is 17.1 Å². The molecule has 2 atom stereocenters. The van der Waals surface area contributed by atoms with Gasteiger partial charge in [0, 0.05) is 38.3 Å². The number of guanidine groups is 1. The fourth-order valence-corrected chi connectivity index (χ4v) is 3.43. The van der Waals surface area contributed by atoms with E-state index in [2.05, 4.69) is 34.6 Å². The summed E-state index contributed by atoms with van der Waals surface area (Å²) in [5, 5.41) is 7.06. The van der Waals surface area contributed by atoms with Gasteiger partial charge in [0.25, 0.3) is 0 Å². The van der Waals surface area contributed by atoms with Crippen LogP contribution in [-0.4, -0.2) is 49.1 Å². The molecule has 0 spiro atoms. The summed E-state index contributed by atoms with van der Waals surface area (Å²) in [5.74, 6) is 1.76. The van der Waals surface area contributed by atoms with Gasteiger partial charge in [-0.25, -0.2) is 0 Å². The Kier molecular flexibility index (Phi) is 7.47. The standard InChI is InChI=1S/C17H30N4.HI/c1-2-18-17(19-12-14-6-4-3-5-7-14)20-15-10-11-21(13-15)16-8-9-16;/h3-4,14-16H,2,5-13H2,1H3,(H2,18,19,20);1H. The average Bonchev–Trinajstić information content (AvgIpc) is 3.26. The third-order valence-corrected chi connectivity index (χ3v) is 4.85. The zero-order valence-electron chi connectivity index (χ0n) is 13.8. The molecule has 1 saturated heterocycles. The Bertz CT molecular complexity index is 392. The Hall–Kier alpha value is -0.300. The Labute approximate surface area is 152 Å². The second kappa shape index (κ2) is 9.11. The first kappa shape index (κ1) is 18.0. The van der Waals surface area contributed by atoms with Crippen molar-refractivity contribution in [2.45, 2.75) is 57.5 Å². The first-order valence-electron chi connectivity index (χ1n) is 8.79. The lowest BCUT2D eigenvalue weighted by molar-refractivity contribution is 0.321. The molecule has 2 unspecified atom stereocenters. The van der Waals surface area contributed by atoms with Crippen LogP contribution in [0.5, 0.6) is 0 Å². The molecule has 2 fully saturated rings. The van der Waals surface area contributed by atoms with Crippen LogP contribution in [0.1, 0.15) is 45.4 Å². The smallest absolute Gasteiger partial charge is 0.191 e. The van der Waals surface area contributed by atoms with Gasteiger partial charge in [-0.15, -0.1) is 24.0 Å². The molecule has 5 heteroatoms. The normalized spacial score (nSPS) is 29.2. The average molecular weight is 418 g/mol. The second-order valence-corrected chi connectivity index (χ2v) is 6.73. The molecule has 22 heavy (non-hydrogen) atoms. The highest BCUT2D eigenvalue weighted by molar-refractivity contribution is 14.0. The molecule has 0 aromatic heterocycles. The zero-order chi connectivity index (χ0) is 14.5. The van der Waals surface area contributed by atoms with Crippen molar-refractivity contribution in [1.82, 2.24) is 15.5 Å². The number of likely N-dealkylation sites (tertiary alicyclic amines) is 1. The largest absolute Gasteiger partial charge is 0.357 e. The molecule has 0 amide bonds. The van der Waals surface area contributed by atoms with E-state index in [1.165, 1.54) is 51.6 Å². The highest BCUT2D eigenvalue weighted by Gasteiger charge is 2.34. The van der Waals surface area contributed by atoms with Crippen LogP contribution in [0.4, 0.5) is 0 Å². The van der Waals surface area contributed by atoms with Crippen LogP contribution in [0.25, 0.3) is 0 Å². The van der Waals surface area contributed by atoms with Crippen LogP contribution in [-0.2, 0) is 0 Å². The lowest BCUT2D eigenvalue weighted by Gasteiger charge is -2.20. The van der Waals surface area contributed by atoms with Gasteiger partial charge in [-0.2, -0.15) is 0 Å². The van der Waals surface area contributed by atoms with Gasteiger partial charge in [0.1, 0.15) is 0 Å². The van der Waals surface area contributed by atoms with Gasteiger partial charge < -0.3 is 10.6 Å². The predicted octanol–water partition coefficient (Wildman–Crippen LogP) is 2.75. The van der Waals surface area contributed by atoms with Crippen molar-refractivity contribution in [2.24, 2.45) is 10.9 Å². The molecule has 0 radical (unpaired) electrons. The monoisotopic (exact) mass is 418 g/mol. The Balaban J connectivity index is 0.00000176. The van der Waals surface area contributed by atoms with E-state index in [9.17, 15) is 0 Å². The van der Waals surface area contributed by atoms with Crippen molar-refractivity contribution in [3.8, 4) is 0 Å². The number of hydrogen-bond donors (Lipinski definition) is 2. The summed E-state index contributed by atoms with van der Waals surface area (Å²) < 4.78 is 0. The second-order valence-electron chi connectivity index (χ2n) is 6.73. The summed E-state index contributed by atoms with van der Waals surface area (Å²) in [6.45, 7) is 6.50. The van der Waals surface area contributed by atoms with Gasteiger partial charge in [-0.05, 0) is 51.4 Å². The van der Waals surface area contributed by atoms with E-state index in [1.54, 1.807) is 0 Å². The third kappa shape index (κ3) is 5.41. The maximum Gasteiger partial charge on any atom is 0.191 e. The zero-order valence-corrected chi connectivity index (χ0v) is 16.1. The van der Waals surface area contributed by atoms with Crippen LogP contribution >= 0.6 is 24.0 Å². The van der Waals surface area contributed by atoms with E-state index >= 15 is 0 Å². The van der Waals surface area contributed by atoms with Crippen molar-refractivity contribution in [3.05, 3.63) is 12.2 Å². The van der Waals surface area contributed by atoms with Crippen molar-refractivity contribution < 1.29 is 0 Å². The number of allylic oxidation sites excluding steroid dienone is 2. The lowest BCUT2D eigenvalue weighted by atomic mass is 9.95. The van der Waals surface area contributed by atoms with Crippen molar-refractivity contribution >= 4 is 29.9 Å². The van der Waals surface area contributed by atoms with E-state index in [-0.39, 0.29) is 24.0 Å². The molecule has 1 saturated carbocycles. The minimum Gasteiger partial charge on any atom is -0.357 e. The molecule has 126 valence electrons. The first-order valence-corrected chi connectivity index (χ1v) is 8.79. The van der Waals surface area contributed by atoms with E-state index in [4.69, 9.17) is 4.99 Å². The quantitative estimate of drug-likeness (QED) is 0.312. The number of rotatable bonds is 5. The molecular weight excluding hydrogens is 387 g/mol. The van der Waals surface area contributed by atoms with Crippen LogP contribution in [0, 0.1) is 5.92 Å². The fraction of sp³-hybridized carbons (Fsp3) is 0.824. The van der Waals surface area contributed by atoms with Gasteiger partial charge >= 0.3 is 0 Å². The summed E-state index contributed by atoms with van der Waals surface area (Å²) in [7, 11) is 0. The molecule has 0 bridgehead atoms. The topological polar surface area (TPSA) is 39.7 Å². The molecule has 3 rings (SSSR count). The Morgan fingerprint density at radius 2 is 2.09 bits per heavy atom. The van der Waals surface area contributed by atoms with E-state index in [0.717, 1.165) is 31.0 Å². The lowest BCUT2D eigenvalue weighted by Crippen LogP contribution is -2.45.